The number of likely N-dealkylation sites (tertiary alicyclic amines) is 1. The summed E-state index contributed by atoms with van der Waals surface area (Å²) >= 11 is 0. The number of benzene rings is 1. The average Bonchev–Trinajstić information content (AvgIpc) is 3.10. The molecule has 0 spiro atoms. The van der Waals surface area contributed by atoms with Crippen molar-refractivity contribution in [3.05, 3.63) is 57.0 Å². The van der Waals surface area contributed by atoms with Gasteiger partial charge in [-0.3, -0.25) is 9.69 Å². The molecule has 0 radical (unpaired) electrons. The molecule has 2 heterocycles. The SMILES string of the molecule is Cn1c([N+](=O)[O-])cnc1/C=C1\Cc2cc(OCCN3CCCCCC3)ccc2C1=O. The van der Waals surface area contributed by atoms with Gasteiger partial charge in [-0.1, -0.05) is 12.8 Å². The predicted molar refractivity (Wildman–Crippen MR) is 113 cm³/mol. The molecular weight excluding hydrogens is 384 g/mol. The molecule has 0 atom stereocenters. The maximum absolute atomic E-state index is 12.7. The Bertz CT molecular complexity index is 987. The predicted octanol–water partition coefficient (Wildman–Crippen LogP) is 3.41. The van der Waals surface area contributed by atoms with Crippen molar-refractivity contribution in [3.63, 3.8) is 0 Å². The fraction of sp³-hybridized carbons (Fsp3) is 0.455. The summed E-state index contributed by atoms with van der Waals surface area (Å²) in [6, 6.07) is 5.58. The maximum atomic E-state index is 12.7. The fourth-order valence-electron chi connectivity index (χ4n) is 4.13. The Labute approximate surface area is 175 Å². The zero-order valence-corrected chi connectivity index (χ0v) is 17.2. The van der Waals surface area contributed by atoms with Crippen molar-refractivity contribution in [1.82, 2.24) is 14.5 Å². The van der Waals surface area contributed by atoms with Gasteiger partial charge < -0.3 is 14.9 Å². The van der Waals surface area contributed by atoms with E-state index in [0.29, 0.717) is 30.0 Å². The highest BCUT2D eigenvalue weighted by Crippen LogP contribution is 2.31. The molecular formula is C22H26N4O4. The third-order valence-corrected chi connectivity index (χ3v) is 5.86. The second-order valence-electron chi connectivity index (χ2n) is 7.89. The first-order valence-corrected chi connectivity index (χ1v) is 10.4. The molecule has 158 valence electrons. The first kappa shape index (κ1) is 20.3. The van der Waals surface area contributed by atoms with Crippen LogP contribution in [0.5, 0.6) is 5.75 Å². The number of rotatable bonds is 6. The molecule has 4 rings (SSSR count). The van der Waals surface area contributed by atoms with Gasteiger partial charge in [-0.15, -0.1) is 0 Å². The third-order valence-electron chi connectivity index (χ3n) is 5.86. The molecule has 8 nitrogen and oxygen atoms in total. The normalized spacial score (nSPS) is 18.4. The lowest BCUT2D eigenvalue weighted by Gasteiger charge is -2.19. The van der Waals surface area contributed by atoms with Crippen LogP contribution in [0.1, 0.15) is 47.4 Å². The van der Waals surface area contributed by atoms with Crippen molar-refractivity contribution in [2.75, 3.05) is 26.2 Å². The maximum Gasteiger partial charge on any atom is 0.342 e. The van der Waals surface area contributed by atoms with Crippen molar-refractivity contribution in [3.8, 4) is 5.75 Å². The minimum absolute atomic E-state index is 0.0632. The van der Waals surface area contributed by atoms with Gasteiger partial charge in [0.15, 0.2) is 5.78 Å². The molecule has 30 heavy (non-hydrogen) atoms. The van der Waals surface area contributed by atoms with E-state index in [4.69, 9.17) is 4.74 Å². The van der Waals surface area contributed by atoms with Gasteiger partial charge in [0.05, 0.1) is 7.05 Å². The summed E-state index contributed by atoms with van der Waals surface area (Å²) in [4.78, 5) is 29.8. The fourth-order valence-corrected chi connectivity index (χ4v) is 4.13. The van der Waals surface area contributed by atoms with Crippen molar-refractivity contribution < 1.29 is 14.5 Å². The minimum Gasteiger partial charge on any atom is -0.492 e. The van der Waals surface area contributed by atoms with Crippen LogP contribution in [0.4, 0.5) is 5.82 Å². The Hall–Kier alpha value is -3.00. The van der Waals surface area contributed by atoms with Crippen LogP contribution in [-0.4, -0.2) is 51.4 Å². The topological polar surface area (TPSA) is 90.5 Å². The molecule has 1 aromatic carbocycles. The molecule has 1 aromatic heterocycles. The molecule has 1 saturated heterocycles. The van der Waals surface area contributed by atoms with Gasteiger partial charge in [0, 0.05) is 30.2 Å². The second kappa shape index (κ2) is 8.79. The molecule has 8 heteroatoms. The van der Waals surface area contributed by atoms with E-state index in [0.717, 1.165) is 30.9 Å². The Kier molecular flexibility index (Phi) is 5.94. The summed E-state index contributed by atoms with van der Waals surface area (Å²) in [6.07, 6.45) is 8.46. The number of imidazole rings is 1. The van der Waals surface area contributed by atoms with Gasteiger partial charge in [-0.05, 0) is 54.6 Å². The van der Waals surface area contributed by atoms with Gasteiger partial charge in [0.25, 0.3) is 0 Å². The zero-order chi connectivity index (χ0) is 21.1. The highest BCUT2D eigenvalue weighted by atomic mass is 16.6. The molecule has 0 unspecified atom stereocenters. The zero-order valence-electron chi connectivity index (χ0n) is 17.2. The summed E-state index contributed by atoms with van der Waals surface area (Å²) in [5, 5.41) is 11.0. The number of allylic oxidation sites excluding steroid dienone is 1. The molecule has 2 aliphatic rings. The van der Waals surface area contributed by atoms with Crippen molar-refractivity contribution in [2.45, 2.75) is 32.1 Å². The second-order valence-corrected chi connectivity index (χ2v) is 7.89. The van der Waals surface area contributed by atoms with Crippen LogP contribution < -0.4 is 4.74 Å². The average molecular weight is 410 g/mol. The number of fused-ring (bicyclic) bond motifs is 1. The van der Waals surface area contributed by atoms with Gasteiger partial charge >= 0.3 is 5.82 Å². The Morgan fingerprint density at radius 3 is 2.70 bits per heavy atom. The van der Waals surface area contributed by atoms with Crippen LogP contribution in [0.3, 0.4) is 0 Å². The van der Waals surface area contributed by atoms with E-state index >= 15 is 0 Å². The summed E-state index contributed by atoms with van der Waals surface area (Å²) in [5.41, 5.74) is 2.15. The smallest absolute Gasteiger partial charge is 0.342 e. The number of hydrogen-bond donors (Lipinski definition) is 0. The van der Waals surface area contributed by atoms with E-state index in [2.05, 4.69) is 9.88 Å². The lowest BCUT2D eigenvalue weighted by molar-refractivity contribution is -0.391. The van der Waals surface area contributed by atoms with Crippen LogP contribution in [0.25, 0.3) is 6.08 Å². The van der Waals surface area contributed by atoms with Gasteiger partial charge in [0.2, 0.25) is 5.82 Å². The third kappa shape index (κ3) is 4.28. The summed E-state index contributed by atoms with van der Waals surface area (Å²) in [5.74, 6) is 0.994. The van der Waals surface area contributed by atoms with E-state index in [1.807, 2.05) is 12.1 Å². The first-order valence-electron chi connectivity index (χ1n) is 10.4. The number of carbonyl (C=O) groups is 1. The lowest BCUT2D eigenvalue weighted by atomic mass is 10.1. The molecule has 1 fully saturated rings. The van der Waals surface area contributed by atoms with Crippen LogP contribution in [0.2, 0.25) is 0 Å². The highest BCUT2D eigenvalue weighted by molar-refractivity contribution is 6.15. The Morgan fingerprint density at radius 1 is 1.23 bits per heavy atom. The van der Waals surface area contributed by atoms with Crippen molar-refractivity contribution >= 4 is 17.7 Å². The quantitative estimate of drug-likeness (QED) is 0.412. The number of hydrogen-bond acceptors (Lipinski definition) is 6. The van der Waals surface area contributed by atoms with E-state index in [1.54, 1.807) is 19.2 Å². The number of Topliss-reactive ketones (excluding diaryl/α,β-unsaturated/α-hetero) is 1. The number of ketones is 1. The Balaban J connectivity index is 1.41. The largest absolute Gasteiger partial charge is 0.492 e. The van der Waals surface area contributed by atoms with Crippen LogP contribution in [0.15, 0.2) is 30.0 Å². The van der Waals surface area contributed by atoms with E-state index < -0.39 is 4.92 Å². The molecule has 1 aliphatic heterocycles. The number of nitro groups is 1. The summed E-state index contributed by atoms with van der Waals surface area (Å²) in [7, 11) is 1.57. The van der Waals surface area contributed by atoms with Gasteiger partial charge in [-0.2, -0.15) is 0 Å². The first-order chi connectivity index (χ1) is 14.5. The molecule has 0 amide bonds. The molecule has 2 aromatic rings. The minimum atomic E-state index is -0.491. The van der Waals surface area contributed by atoms with Crippen molar-refractivity contribution in [1.29, 1.82) is 0 Å². The van der Waals surface area contributed by atoms with Crippen LogP contribution in [0, 0.1) is 10.1 Å². The number of aromatic nitrogens is 2. The summed E-state index contributed by atoms with van der Waals surface area (Å²) in [6.45, 7) is 3.83. The van der Waals surface area contributed by atoms with Gasteiger partial charge in [0.1, 0.15) is 18.6 Å². The molecule has 0 N–H and O–H groups in total. The van der Waals surface area contributed by atoms with Crippen LogP contribution in [-0.2, 0) is 13.5 Å². The lowest BCUT2D eigenvalue weighted by Crippen LogP contribution is -2.29. The van der Waals surface area contributed by atoms with Crippen molar-refractivity contribution in [2.24, 2.45) is 7.05 Å². The standard InChI is InChI=1S/C22H26N4O4/c1-24-20(23-15-21(24)26(28)29)14-17-12-16-13-18(6-7-19(16)22(17)27)30-11-10-25-8-4-2-3-5-9-25/h6-7,13-15H,2-5,8-12H2,1H3/b17-14+. The van der Waals surface area contributed by atoms with E-state index in [-0.39, 0.29) is 11.6 Å². The van der Waals surface area contributed by atoms with Gasteiger partial charge in [-0.25, -0.2) is 9.55 Å². The van der Waals surface area contributed by atoms with Crippen LogP contribution >= 0.6 is 0 Å². The number of carbonyl (C=O) groups excluding carboxylic acids is 1. The highest BCUT2D eigenvalue weighted by Gasteiger charge is 2.27. The molecule has 1 aliphatic carbocycles. The molecule has 0 bridgehead atoms. The molecule has 0 saturated carbocycles. The van der Waals surface area contributed by atoms with E-state index in [1.165, 1.54) is 36.4 Å². The summed E-state index contributed by atoms with van der Waals surface area (Å²) < 4.78 is 7.32. The van der Waals surface area contributed by atoms with E-state index in [9.17, 15) is 14.9 Å². The Morgan fingerprint density at radius 2 is 2.00 bits per heavy atom. The number of nitrogens with zero attached hydrogens (tertiary/aromatic N) is 4. The number of ether oxygens (including phenoxy) is 1. The monoisotopic (exact) mass is 410 g/mol.